The monoisotopic (exact) mass is 339 g/mol. The molecule has 1 aromatic heterocycles. The van der Waals surface area contributed by atoms with E-state index in [2.05, 4.69) is 33.4 Å². The Kier molecular flexibility index (Phi) is 3.41. The van der Waals surface area contributed by atoms with Crippen molar-refractivity contribution in [2.45, 2.75) is 25.3 Å². The third kappa shape index (κ3) is 2.00. The molecule has 122 valence electrons. The standard InChI is InChI=1S/C17H17N5OS/c1-10(15-21-20-11(2)24-15)22-8-12(7-18)17(9-22)13-5-3-4-6-14(13)19-16(17)23/h3-6,10,12H,8-9H2,1-2H3,(H,19,23)/t10-,12+,17+/m0/s1. The lowest BCUT2D eigenvalue weighted by atomic mass is 9.74. The minimum absolute atomic E-state index is 0.0342. The number of anilines is 1. The zero-order valence-electron chi connectivity index (χ0n) is 13.5. The van der Waals surface area contributed by atoms with E-state index in [9.17, 15) is 10.1 Å². The summed E-state index contributed by atoms with van der Waals surface area (Å²) in [6.07, 6.45) is 0. The maximum atomic E-state index is 12.8. The fourth-order valence-electron chi connectivity index (χ4n) is 3.81. The van der Waals surface area contributed by atoms with Gasteiger partial charge in [-0.15, -0.1) is 21.5 Å². The van der Waals surface area contributed by atoms with Crippen molar-refractivity contribution in [2.24, 2.45) is 5.92 Å². The molecule has 4 rings (SSSR count). The summed E-state index contributed by atoms with van der Waals surface area (Å²) in [5.74, 6) is -0.448. The van der Waals surface area contributed by atoms with E-state index < -0.39 is 5.41 Å². The molecule has 1 aromatic carbocycles. The number of likely N-dealkylation sites (tertiary alicyclic amines) is 1. The van der Waals surface area contributed by atoms with Crippen LogP contribution in [0.1, 0.15) is 28.5 Å². The summed E-state index contributed by atoms with van der Waals surface area (Å²) in [4.78, 5) is 15.0. The van der Waals surface area contributed by atoms with Gasteiger partial charge < -0.3 is 5.32 Å². The molecule has 0 aliphatic carbocycles. The fourth-order valence-corrected chi connectivity index (χ4v) is 4.59. The molecule has 0 radical (unpaired) electrons. The number of carbonyl (C=O) groups excluding carboxylic acids is 1. The molecule has 3 heterocycles. The van der Waals surface area contributed by atoms with Gasteiger partial charge in [0.15, 0.2) is 0 Å². The highest BCUT2D eigenvalue weighted by molar-refractivity contribution is 7.11. The molecule has 0 unspecified atom stereocenters. The van der Waals surface area contributed by atoms with E-state index >= 15 is 0 Å². The second-order valence-electron chi connectivity index (χ2n) is 6.42. The van der Waals surface area contributed by atoms with Crippen LogP contribution in [0.2, 0.25) is 0 Å². The van der Waals surface area contributed by atoms with Crippen molar-refractivity contribution in [1.82, 2.24) is 15.1 Å². The van der Waals surface area contributed by atoms with Crippen LogP contribution < -0.4 is 5.32 Å². The van der Waals surface area contributed by atoms with Crippen molar-refractivity contribution in [3.63, 3.8) is 0 Å². The Morgan fingerprint density at radius 2 is 2.25 bits per heavy atom. The number of aryl methyl sites for hydroxylation is 1. The van der Waals surface area contributed by atoms with Gasteiger partial charge in [-0.05, 0) is 25.5 Å². The van der Waals surface area contributed by atoms with Gasteiger partial charge in [-0.1, -0.05) is 18.2 Å². The van der Waals surface area contributed by atoms with E-state index in [0.29, 0.717) is 13.1 Å². The van der Waals surface area contributed by atoms with Crippen molar-refractivity contribution in [3.05, 3.63) is 39.8 Å². The Morgan fingerprint density at radius 3 is 2.96 bits per heavy atom. The Morgan fingerprint density at radius 1 is 1.46 bits per heavy atom. The topological polar surface area (TPSA) is 81.9 Å². The molecule has 0 saturated carbocycles. The van der Waals surface area contributed by atoms with Gasteiger partial charge in [0.1, 0.15) is 15.4 Å². The first-order valence-corrected chi connectivity index (χ1v) is 8.72. The molecule has 7 heteroatoms. The Hall–Kier alpha value is -2.30. The van der Waals surface area contributed by atoms with Gasteiger partial charge in [-0.25, -0.2) is 0 Å². The van der Waals surface area contributed by atoms with Gasteiger partial charge in [0.05, 0.1) is 18.0 Å². The molecule has 1 saturated heterocycles. The van der Waals surface area contributed by atoms with Crippen LogP contribution in [0.15, 0.2) is 24.3 Å². The highest BCUT2D eigenvalue weighted by Crippen LogP contribution is 2.48. The molecule has 2 aromatic rings. The van der Waals surface area contributed by atoms with Crippen molar-refractivity contribution in [3.8, 4) is 6.07 Å². The van der Waals surface area contributed by atoms with Gasteiger partial charge in [-0.2, -0.15) is 5.26 Å². The Bertz CT molecular complexity index is 857. The van der Waals surface area contributed by atoms with Crippen LogP contribution >= 0.6 is 11.3 Å². The highest BCUT2D eigenvalue weighted by atomic mass is 32.1. The maximum Gasteiger partial charge on any atom is 0.237 e. The van der Waals surface area contributed by atoms with Crippen molar-refractivity contribution in [2.75, 3.05) is 18.4 Å². The molecule has 3 atom stereocenters. The summed E-state index contributed by atoms with van der Waals surface area (Å²) in [5.41, 5.74) is 0.966. The molecular formula is C17H17N5OS. The Balaban J connectivity index is 1.73. The SMILES string of the molecule is Cc1nnc([C@H](C)N2C[C@@H](C#N)[C@@]3(C2)C(=O)Nc2ccccc23)s1. The number of hydrogen-bond donors (Lipinski definition) is 1. The summed E-state index contributed by atoms with van der Waals surface area (Å²) in [5, 5.41) is 22.8. The highest BCUT2D eigenvalue weighted by Gasteiger charge is 2.58. The van der Waals surface area contributed by atoms with Gasteiger partial charge in [0.2, 0.25) is 5.91 Å². The smallest absolute Gasteiger partial charge is 0.237 e. The summed E-state index contributed by atoms with van der Waals surface area (Å²) in [6, 6.07) is 10.1. The molecule has 0 bridgehead atoms. The summed E-state index contributed by atoms with van der Waals surface area (Å²) >= 11 is 1.56. The lowest BCUT2D eigenvalue weighted by Crippen LogP contribution is -2.42. The average Bonchev–Trinajstić information content (AvgIpc) is 3.25. The van der Waals surface area contributed by atoms with Gasteiger partial charge in [-0.3, -0.25) is 9.69 Å². The number of nitrogens with one attached hydrogen (secondary N) is 1. The second-order valence-corrected chi connectivity index (χ2v) is 7.63. The molecule has 6 nitrogen and oxygen atoms in total. The number of para-hydroxylation sites is 1. The largest absolute Gasteiger partial charge is 0.325 e. The van der Waals surface area contributed by atoms with E-state index in [0.717, 1.165) is 21.3 Å². The van der Waals surface area contributed by atoms with E-state index in [-0.39, 0.29) is 17.9 Å². The van der Waals surface area contributed by atoms with Crippen LogP contribution in [0.5, 0.6) is 0 Å². The molecule has 24 heavy (non-hydrogen) atoms. The van der Waals surface area contributed by atoms with Crippen LogP contribution in [-0.2, 0) is 10.2 Å². The third-order valence-corrected chi connectivity index (χ3v) is 6.14. The number of hydrogen-bond acceptors (Lipinski definition) is 6. The normalized spacial score (nSPS) is 27.0. The molecule has 1 N–H and O–H groups in total. The molecule has 1 amide bonds. The zero-order chi connectivity index (χ0) is 16.9. The molecule has 1 fully saturated rings. The van der Waals surface area contributed by atoms with Crippen LogP contribution in [-0.4, -0.2) is 34.1 Å². The number of carbonyl (C=O) groups is 1. The van der Waals surface area contributed by atoms with E-state index in [1.807, 2.05) is 31.2 Å². The minimum atomic E-state index is -0.792. The van der Waals surface area contributed by atoms with E-state index in [1.54, 1.807) is 11.3 Å². The number of aromatic nitrogens is 2. The first-order chi connectivity index (χ1) is 11.6. The number of benzene rings is 1. The van der Waals surface area contributed by atoms with Crippen molar-refractivity contribution in [1.29, 1.82) is 5.26 Å². The summed E-state index contributed by atoms with van der Waals surface area (Å²) < 4.78 is 0. The molecule has 2 aliphatic rings. The second kappa shape index (κ2) is 5.36. The van der Waals surface area contributed by atoms with Gasteiger partial charge in [0.25, 0.3) is 0 Å². The van der Waals surface area contributed by atoms with E-state index in [4.69, 9.17) is 0 Å². The summed E-state index contributed by atoms with van der Waals surface area (Å²) in [7, 11) is 0. The summed E-state index contributed by atoms with van der Waals surface area (Å²) in [6.45, 7) is 5.07. The number of nitriles is 1. The van der Waals surface area contributed by atoms with Crippen LogP contribution in [0.4, 0.5) is 5.69 Å². The number of rotatable bonds is 2. The molecule has 2 aliphatic heterocycles. The quantitative estimate of drug-likeness (QED) is 0.907. The maximum absolute atomic E-state index is 12.8. The van der Waals surface area contributed by atoms with Gasteiger partial charge >= 0.3 is 0 Å². The molecule has 1 spiro atoms. The number of fused-ring (bicyclic) bond motifs is 2. The number of amides is 1. The fraction of sp³-hybridized carbons (Fsp3) is 0.412. The third-order valence-electron chi connectivity index (χ3n) is 5.13. The lowest BCUT2D eigenvalue weighted by molar-refractivity contribution is -0.121. The van der Waals surface area contributed by atoms with Crippen LogP contribution in [0.3, 0.4) is 0 Å². The lowest BCUT2D eigenvalue weighted by Gasteiger charge is -2.26. The average molecular weight is 339 g/mol. The first-order valence-electron chi connectivity index (χ1n) is 7.91. The van der Waals surface area contributed by atoms with Crippen LogP contribution in [0.25, 0.3) is 0 Å². The minimum Gasteiger partial charge on any atom is -0.325 e. The zero-order valence-corrected chi connectivity index (χ0v) is 14.3. The van der Waals surface area contributed by atoms with Crippen LogP contribution in [0, 0.1) is 24.2 Å². The molecular weight excluding hydrogens is 322 g/mol. The predicted molar refractivity (Wildman–Crippen MR) is 90.5 cm³/mol. The first kappa shape index (κ1) is 15.2. The number of nitrogens with zero attached hydrogens (tertiary/aromatic N) is 4. The van der Waals surface area contributed by atoms with Crippen molar-refractivity contribution < 1.29 is 4.79 Å². The predicted octanol–water partition coefficient (Wildman–Crippen LogP) is 2.25. The van der Waals surface area contributed by atoms with Crippen molar-refractivity contribution >= 4 is 22.9 Å². The Labute approximate surface area is 144 Å². The van der Waals surface area contributed by atoms with Gasteiger partial charge in [0, 0.05) is 18.8 Å². The van der Waals surface area contributed by atoms with E-state index in [1.165, 1.54) is 0 Å².